The van der Waals surface area contributed by atoms with Crippen molar-refractivity contribution in [1.82, 2.24) is 15.4 Å². The molecule has 0 aliphatic carbocycles. The van der Waals surface area contributed by atoms with Crippen LogP contribution in [0.5, 0.6) is 0 Å². The second kappa shape index (κ2) is 9.75. The molecule has 1 aliphatic heterocycles. The summed E-state index contributed by atoms with van der Waals surface area (Å²) in [6.07, 6.45) is -3.75. The molecule has 1 unspecified atom stereocenters. The summed E-state index contributed by atoms with van der Waals surface area (Å²) in [7, 11) is -2.73. The van der Waals surface area contributed by atoms with Gasteiger partial charge in [0.25, 0.3) is 10.0 Å². The lowest BCUT2D eigenvalue weighted by atomic mass is 9.96. The molecule has 1 aromatic carbocycles. The number of ether oxygens (including phenoxy) is 1. The molecular weight excluding hydrogens is 427 g/mol. The maximum absolute atomic E-state index is 12.5. The van der Waals surface area contributed by atoms with Crippen LogP contribution in [0.4, 0.5) is 13.2 Å². The van der Waals surface area contributed by atoms with E-state index in [1.807, 2.05) is 4.72 Å². The minimum Gasteiger partial charge on any atom is -0.379 e. The lowest BCUT2D eigenvalue weighted by Gasteiger charge is -2.27. The van der Waals surface area contributed by atoms with E-state index < -0.39 is 46.6 Å². The summed E-state index contributed by atoms with van der Waals surface area (Å²) in [6, 6.07) is 4.73. The molecule has 3 N–H and O–H groups in total. The van der Waals surface area contributed by atoms with Gasteiger partial charge in [0.05, 0.1) is 16.9 Å². The molecule has 8 nitrogen and oxygen atoms in total. The Bertz CT molecular complexity index is 853. The van der Waals surface area contributed by atoms with E-state index in [4.69, 9.17) is 4.74 Å². The number of methoxy groups -OCH3 is 1. The van der Waals surface area contributed by atoms with E-state index in [-0.39, 0.29) is 16.5 Å². The number of sulfonamides is 1. The number of alkyl halides is 3. The van der Waals surface area contributed by atoms with Gasteiger partial charge in [0, 0.05) is 19.7 Å². The van der Waals surface area contributed by atoms with Crippen LogP contribution in [0.15, 0.2) is 29.2 Å². The van der Waals surface area contributed by atoms with Crippen LogP contribution in [-0.2, 0) is 30.9 Å². The number of carbonyl (C=O) groups excluding carboxylic acids is 2. The molecule has 1 heterocycles. The first-order valence-corrected chi connectivity index (χ1v) is 10.7. The van der Waals surface area contributed by atoms with Crippen molar-refractivity contribution < 1.29 is 35.9 Å². The maximum Gasteiger partial charge on any atom is 0.471 e. The number of rotatable bonds is 8. The Hall–Kier alpha value is -2.18. The fourth-order valence-corrected chi connectivity index (χ4v) is 4.27. The first-order chi connectivity index (χ1) is 14.0. The van der Waals surface area contributed by atoms with E-state index in [9.17, 15) is 31.2 Å². The van der Waals surface area contributed by atoms with Crippen LogP contribution in [0.3, 0.4) is 0 Å². The van der Waals surface area contributed by atoms with E-state index in [0.29, 0.717) is 0 Å². The minimum absolute atomic E-state index is 0.0513. The van der Waals surface area contributed by atoms with Gasteiger partial charge in [0.15, 0.2) is 0 Å². The molecule has 0 bridgehead atoms. The molecule has 168 valence electrons. The van der Waals surface area contributed by atoms with Gasteiger partial charge >= 0.3 is 12.1 Å². The van der Waals surface area contributed by atoms with Crippen molar-refractivity contribution in [1.29, 1.82) is 0 Å². The van der Waals surface area contributed by atoms with Gasteiger partial charge in [-0.2, -0.15) is 13.2 Å². The highest BCUT2D eigenvalue weighted by molar-refractivity contribution is 7.90. The Morgan fingerprint density at radius 2 is 1.90 bits per heavy atom. The van der Waals surface area contributed by atoms with Crippen LogP contribution < -0.4 is 15.4 Å². The van der Waals surface area contributed by atoms with Crippen molar-refractivity contribution in [3.8, 4) is 0 Å². The van der Waals surface area contributed by atoms with E-state index in [2.05, 4.69) is 5.32 Å². The highest BCUT2D eigenvalue weighted by Crippen LogP contribution is 2.20. The minimum atomic E-state index is -5.00. The van der Waals surface area contributed by atoms with Crippen LogP contribution in [0.25, 0.3) is 0 Å². The highest BCUT2D eigenvalue weighted by atomic mass is 32.2. The summed E-state index contributed by atoms with van der Waals surface area (Å²) in [5.41, 5.74) is 0.262. The van der Waals surface area contributed by atoms with Crippen LogP contribution in [0.2, 0.25) is 0 Å². The molecule has 2 rings (SSSR count). The predicted molar refractivity (Wildman–Crippen MR) is 101 cm³/mol. The SMILES string of the molecule is CO[C@@H](C1CCCN1)[C@@H](C)C(=O)NS(=O)(=O)c1ccc(CNC(=O)C(F)(F)F)cc1. The molecule has 1 aromatic rings. The monoisotopic (exact) mass is 451 g/mol. The molecule has 0 aromatic heterocycles. The predicted octanol–water partition coefficient (Wildman–Crippen LogP) is 1.07. The van der Waals surface area contributed by atoms with Crippen LogP contribution in [0.1, 0.15) is 25.3 Å². The number of amides is 2. The van der Waals surface area contributed by atoms with Gasteiger partial charge in [0.1, 0.15) is 0 Å². The van der Waals surface area contributed by atoms with E-state index in [0.717, 1.165) is 31.5 Å². The maximum atomic E-state index is 12.5. The largest absolute Gasteiger partial charge is 0.471 e. The first-order valence-electron chi connectivity index (χ1n) is 9.22. The second-order valence-corrected chi connectivity index (χ2v) is 8.67. The van der Waals surface area contributed by atoms with Crippen molar-refractivity contribution in [3.05, 3.63) is 29.8 Å². The Labute approximate surface area is 172 Å². The molecule has 12 heteroatoms. The van der Waals surface area contributed by atoms with Gasteiger partial charge in [-0.1, -0.05) is 19.1 Å². The average molecular weight is 451 g/mol. The zero-order chi connectivity index (χ0) is 22.5. The van der Waals surface area contributed by atoms with Crippen molar-refractivity contribution in [2.75, 3.05) is 13.7 Å². The highest BCUT2D eigenvalue weighted by Gasteiger charge is 2.38. The third kappa shape index (κ3) is 6.16. The Kier molecular flexibility index (Phi) is 7.83. The third-order valence-corrected chi connectivity index (χ3v) is 6.22. The first kappa shape index (κ1) is 24.1. The smallest absolute Gasteiger partial charge is 0.379 e. The number of carbonyl (C=O) groups is 2. The fraction of sp³-hybridized carbons (Fsp3) is 0.556. The number of nitrogens with one attached hydrogen (secondary N) is 3. The Morgan fingerprint density at radius 1 is 1.27 bits per heavy atom. The zero-order valence-electron chi connectivity index (χ0n) is 16.5. The van der Waals surface area contributed by atoms with Gasteiger partial charge in [0.2, 0.25) is 5.91 Å². The van der Waals surface area contributed by atoms with Gasteiger partial charge in [-0.15, -0.1) is 0 Å². The molecule has 3 atom stereocenters. The Balaban J connectivity index is 2.00. The van der Waals surface area contributed by atoms with Gasteiger partial charge in [-0.05, 0) is 37.1 Å². The molecule has 2 amide bonds. The van der Waals surface area contributed by atoms with E-state index in [1.54, 1.807) is 12.2 Å². The summed E-state index contributed by atoms with van der Waals surface area (Å²) < 4.78 is 68.9. The van der Waals surface area contributed by atoms with Crippen molar-refractivity contribution in [2.24, 2.45) is 5.92 Å². The summed E-state index contributed by atoms with van der Waals surface area (Å²) in [5, 5.41) is 4.91. The van der Waals surface area contributed by atoms with Gasteiger partial charge < -0.3 is 15.4 Å². The van der Waals surface area contributed by atoms with Crippen molar-refractivity contribution in [3.63, 3.8) is 0 Å². The molecule has 1 saturated heterocycles. The molecule has 0 radical (unpaired) electrons. The normalized spacial score (nSPS) is 19.2. The zero-order valence-corrected chi connectivity index (χ0v) is 17.3. The number of benzene rings is 1. The van der Waals surface area contributed by atoms with E-state index in [1.165, 1.54) is 19.2 Å². The average Bonchev–Trinajstić information content (AvgIpc) is 3.20. The number of hydrogen-bond acceptors (Lipinski definition) is 6. The van der Waals surface area contributed by atoms with E-state index >= 15 is 0 Å². The fourth-order valence-electron chi connectivity index (χ4n) is 3.21. The van der Waals surface area contributed by atoms with Gasteiger partial charge in [-0.25, -0.2) is 13.1 Å². The standard InChI is InChI=1S/C18H24F3N3O5S/c1-11(15(29-2)14-4-3-9-22-14)16(25)24-30(27,28)13-7-5-12(6-8-13)10-23-17(26)18(19,20)21/h5-8,11,14-15,22H,3-4,9-10H2,1-2H3,(H,23,26)(H,24,25)/t11-,14?,15-/m1/s1. The third-order valence-electron chi connectivity index (χ3n) is 4.85. The molecule has 0 spiro atoms. The number of halogens is 3. The number of hydrogen-bond donors (Lipinski definition) is 3. The second-order valence-electron chi connectivity index (χ2n) is 6.99. The summed E-state index contributed by atoms with van der Waals surface area (Å²) in [5.74, 6) is -3.56. The van der Waals surface area contributed by atoms with Crippen LogP contribution >= 0.6 is 0 Å². The quantitative estimate of drug-likeness (QED) is 0.545. The lowest BCUT2D eigenvalue weighted by molar-refractivity contribution is -0.173. The van der Waals surface area contributed by atoms with Crippen molar-refractivity contribution in [2.45, 2.75) is 49.5 Å². The summed E-state index contributed by atoms with van der Waals surface area (Å²) in [6.45, 7) is 1.95. The molecule has 1 aliphatic rings. The van der Waals surface area contributed by atoms with Crippen molar-refractivity contribution >= 4 is 21.8 Å². The van der Waals surface area contributed by atoms with Crippen LogP contribution in [0, 0.1) is 5.92 Å². The molecule has 0 saturated carbocycles. The van der Waals surface area contributed by atoms with Crippen LogP contribution in [-0.4, -0.2) is 52.2 Å². The topological polar surface area (TPSA) is 114 Å². The summed E-state index contributed by atoms with van der Waals surface area (Å²) in [4.78, 5) is 23.1. The lowest BCUT2D eigenvalue weighted by Crippen LogP contribution is -2.47. The molecule has 30 heavy (non-hydrogen) atoms. The Morgan fingerprint density at radius 3 is 2.40 bits per heavy atom. The molecule has 1 fully saturated rings. The molecular formula is C18H24F3N3O5S. The van der Waals surface area contributed by atoms with Gasteiger partial charge in [-0.3, -0.25) is 9.59 Å². The summed E-state index contributed by atoms with van der Waals surface area (Å²) >= 11 is 0.